The Labute approximate surface area is 133 Å². The predicted octanol–water partition coefficient (Wildman–Crippen LogP) is 2.39. The van der Waals surface area contributed by atoms with Crippen LogP contribution in [0.1, 0.15) is 23.9 Å². The zero-order valence-corrected chi connectivity index (χ0v) is 13.3. The molecule has 23 heavy (non-hydrogen) atoms. The molecule has 1 atom stereocenters. The minimum atomic E-state index is -3.12. The second kappa shape index (κ2) is 5.49. The van der Waals surface area contributed by atoms with Crippen LogP contribution in [0.4, 0.5) is 4.39 Å². The zero-order valence-electron chi connectivity index (χ0n) is 12.5. The molecule has 7 heteroatoms. The first-order chi connectivity index (χ1) is 10.8. The summed E-state index contributed by atoms with van der Waals surface area (Å²) in [7, 11) is -3.12. The zero-order chi connectivity index (χ0) is 16.7. The van der Waals surface area contributed by atoms with E-state index >= 15 is 0 Å². The Bertz CT molecular complexity index is 858. The fraction of sp³-hybridized carbons (Fsp3) is 0.312. The van der Waals surface area contributed by atoms with Gasteiger partial charge in [0.05, 0.1) is 22.6 Å². The van der Waals surface area contributed by atoms with Crippen LogP contribution in [0.5, 0.6) is 0 Å². The maximum atomic E-state index is 13.7. The fourth-order valence-corrected chi connectivity index (χ4v) is 4.80. The summed E-state index contributed by atoms with van der Waals surface area (Å²) in [5, 5.41) is 2.70. The van der Waals surface area contributed by atoms with Crippen molar-refractivity contribution < 1.29 is 22.0 Å². The van der Waals surface area contributed by atoms with Gasteiger partial charge in [-0.3, -0.25) is 4.79 Å². The minimum absolute atomic E-state index is 0.0220. The average molecular weight is 337 g/mol. The lowest BCUT2D eigenvalue weighted by atomic mass is 10.0. The molecule has 0 saturated carbocycles. The maximum Gasteiger partial charge on any atom is 0.287 e. The topological polar surface area (TPSA) is 76.4 Å². The molecule has 3 rings (SSSR count). The van der Waals surface area contributed by atoms with Gasteiger partial charge in [-0.25, -0.2) is 12.8 Å². The van der Waals surface area contributed by atoms with Crippen LogP contribution in [0.15, 0.2) is 40.8 Å². The third-order valence-electron chi connectivity index (χ3n) is 3.89. The number of carbonyl (C=O) groups is 1. The molecule has 1 amide bonds. The van der Waals surface area contributed by atoms with Gasteiger partial charge in [0.2, 0.25) is 0 Å². The summed E-state index contributed by atoms with van der Waals surface area (Å²) >= 11 is 0. The summed E-state index contributed by atoms with van der Waals surface area (Å²) in [5.74, 6) is -0.712. The van der Waals surface area contributed by atoms with Crippen LogP contribution in [-0.4, -0.2) is 31.4 Å². The molecule has 1 N–H and O–H groups in total. The van der Waals surface area contributed by atoms with Gasteiger partial charge >= 0.3 is 0 Å². The van der Waals surface area contributed by atoms with Crippen molar-refractivity contribution >= 4 is 15.7 Å². The van der Waals surface area contributed by atoms with Gasteiger partial charge in [0, 0.05) is 0 Å². The number of furan rings is 1. The maximum absolute atomic E-state index is 13.7. The molecule has 0 bridgehead atoms. The van der Waals surface area contributed by atoms with Crippen LogP contribution in [-0.2, 0) is 9.84 Å². The van der Waals surface area contributed by atoms with Gasteiger partial charge in [-0.2, -0.15) is 0 Å². The number of halogens is 1. The number of hydrogen-bond donors (Lipinski definition) is 1. The van der Waals surface area contributed by atoms with E-state index in [1.807, 2.05) is 0 Å². The summed E-state index contributed by atoms with van der Waals surface area (Å²) < 4.78 is 42.3. The Balaban J connectivity index is 1.79. The Hall–Kier alpha value is -2.15. The monoisotopic (exact) mass is 337 g/mol. The molecule has 1 saturated heterocycles. The molecule has 2 heterocycles. The van der Waals surface area contributed by atoms with E-state index in [-0.39, 0.29) is 28.6 Å². The van der Waals surface area contributed by atoms with Crippen LogP contribution in [0, 0.1) is 5.82 Å². The number of hydrogen-bond acceptors (Lipinski definition) is 4. The lowest BCUT2D eigenvalue weighted by molar-refractivity contribution is 0.0887. The molecule has 1 unspecified atom stereocenters. The van der Waals surface area contributed by atoms with Crippen LogP contribution in [0.3, 0.4) is 0 Å². The summed E-state index contributed by atoms with van der Waals surface area (Å²) in [5.41, 5.74) is -0.540. The van der Waals surface area contributed by atoms with Gasteiger partial charge < -0.3 is 9.73 Å². The van der Waals surface area contributed by atoms with Crippen molar-refractivity contribution in [3.8, 4) is 11.3 Å². The first-order valence-electron chi connectivity index (χ1n) is 7.16. The lowest BCUT2D eigenvalue weighted by Gasteiger charge is -2.23. The quantitative estimate of drug-likeness (QED) is 0.933. The Kier molecular flexibility index (Phi) is 3.75. The Morgan fingerprint density at radius 1 is 1.26 bits per heavy atom. The van der Waals surface area contributed by atoms with Gasteiger partial charge in [0.25, 0.3) is 5.91 Å². The largest absolute Gasteiger partial charge is 0.451 e. The van der Waals surface area contributed by atoms with Crippen molar-refractivity contribution in [2.24, 2.45) is 0 Å². The lowest BCUT2D eigenvalue weighted by Crippen LogP contribution is -2.46. The molecule has 0 aliphatic carbocycles. The molecule has 1 aromatic heterocycles. The normalized spacial score (nSPS) is 22.9. The van der Waals surface area contributed by atoms with E-state index in [0.717, 1.165) is 0 Å². The van der Waals surface area contributed by atoms with Crippen LogP contribution in [0.25, 0.3) is 11.3 Å². The van der Waals surface area contributed by atoms with Crippen LogP contribution < -0.4 is 5.32 Å². The first kappa shape index (κ1) is 15.7. The second-order valence-electron chi connectivity index (χ2n) is 6.00. The van der Waals surface area contributed by atoms with Crippen molar-refractivity contribution in [2.45, 2.75) is 18.9 Å². The number of carbonyl (C=O) groups excluding carboxylic acids is 1. The predicted molar refractivity (Wildman–Crippen MR) is 83.2 cm³/mol. The van der Waals surface area contributed by atoms with E-state index in [1.165, 1.54) is 18.2 Å². The van der Waals surface area contributed by atoms with Crippen LogP contribution >= 0.6 is 0 Å². The fourth-order valence-electron chi connectivity index (χ4n) is 2.71. The van der Waals surface area contributed by atoms with E-state index in [4.69, 9.17) is 4.42 Å². The first-order valence-corrected chi connectivity index (χ1v) is 8.98. The average Bonchev–Trinajstić information content (AvgIpc) is 3.04. The molecule has 1 aliphatic heterocycles. The van der Waals surface area contributed by atoms with Crippen molar-refractivity contribution in [3.63, 3.8) is 0 Å². The third-order valence-corrected chi connectivity index (χ3v) is 5.79. The van der Waals surface area contributed by atoms with Crippen molar-refractivity contribution in [1.29, 1.82) is 0 Å². The second-order valence-corrected chi connectivity index (χ2v) is 8.18. The van der Waals surface area contributed by atoms with Crippen LogP contribution in [0.2, 0.25) is 0 Å². The van der Waals surface area contributed by atoms with Gasteiger partial charge in [-0.15, -0.1) is 0 Å². The standard InChI is InChI=1S/C16H16FNO4S/c1-16(8-9-23(20,21)10-16)18-15(19)14-7-6-13(22-14)11-4-2-3-5-12(11)17/h2-7H,8-10H2,1H3,(H,18,19). The number of amides is 1. The highest BCUT2D eigenvalue weighted by Gasteiger charge is 2.40. The minimum Gasteiger partial charge on any atom is -0.451 e. The van der Waals surface area contributed by atoms with E-state index in [0.29, 0.717) is 6.42 Å². The van der Waals surface area contributed by atoms with E-state index < -0.39 is 27.1 Å². The van der Waals surface area contributed by atoms with Gasteiger partial charge in [0.15, 0.2) is 15.6 Å². The van der Waals surface area contributed by atoms with E-state index in [1.54, 1.807) is 25.1 Å². The number of nitrogens with one attached hydrogen (secondary N) is 1. The SMILES string of the molecule is CC1(NC(=O)c2ccc(-c3ccccc3F)o2)CCS(=O)(=O)C1. The summed E-state index contributed by atoms with van der Waals surface area (Å²) in [6.45, 7) is 1.69. The molecule has 1 aliphatic rings. The number of benzene rings is 1. The molecule has 1 aromatic carbocycles. The van der Waals surface area contributed by atoms with E-state index in [2.05, 4.69) is 5.32 Å². The highest BCUT2D eigenvalue weighted by Crippen LogP contribution is 2.26. The Morgan fingerprint density at radius 2 is 2.00 bits per heavy atom. The Morgan fingerprint density at radius 3 is 2.65 bits per heavy atom. The van der Waals surface area contributed by atoms with Gasteiger partial charge in [-0.1, -0.05) is 12.1 Å². The molecule has 2 aromatic rings. The summed E-state index contributed by atoms with van der Waals surface area (Å²) in [6.07, 6.45) is 0.363. The molecule has 0 spiro atoms. The highest BCUT2D eigenvalue weighted by atomic mass is 32.2. The number of rotatable bonds is 3. The smallest absolute Gasteiger partial charge is 0.287 e. The van der Waals surface area contributed by atoms with E-state index in [9.17, 15) is 17.6 Å². The number of sulfone groups is 1. The highest BCUT2D eigenvalue weighted by molar-refractivity contribution is 7.91. The van der Waals surface area contributed by atoms with Gasteiger partial charge in [0.1, 0.15) is 11.6 Å². The van der Waals surface area contributed by atoms with Crippen molar-refractivity contribution in [3.05, 3.63) is 48.0 Å². The molecule has 122 valence electrons. The molecule has 5 nitrogen and oxygen atoms in total. The van der Waals surface area contributed by atoms with Crippen molar-refractivity contribution in [1.82, 2.24) is 5.32 Å². The van der Waals surface area contributed by atoms with Crippen molar-refractivity contribution in [2.75, 3.05) is 11.5 Å². The summed E-state index contributed by atoms with van der Waals surface area (Å²) in [6, 6.07) is 9.07. The molecular weight excluding hydrogens is 321 g/mol. The molecule has 1 fully saturated rings. The summed E-state index contributed by atoms with van der Waals surface area (Å²) in [4.78, 5) is 12.3. The molecule has 0 radical (unpaired) electrons. The third kappa shape index (κ3) is 3.29. The van der Waals surface area contributed by atoms with Gasteiger partial charge in [-0.05, 0) is 37.6 Å². The molecular formula is C16H16FNO4S.